The molecule has 180 valence electrons. The van der Waals surface area contributed by atoms with Crippen LogP contribution < -0.4 is 0 Å². The van der Waals surface area contributed by atoms with Crippen LogP contribution in [0, 0.1) is 25.2 Å². The molecule has 0 radical (unpaired) electrons. The van der Waals surface area contributed by atoms with Crippen LogP contribution >= 0.6 is 0 Å². The zero-order chi connectivity index (χ0) is 24.5. The summed E-state index contributed by atoms with van der Waals surface area (Å²) in [6, 6.07) is 10.9. The highest BCUT2D eigenvalue weighted by molar-refractivity contribution is 5.96. The third-order valence-electron chi connectivity index (χ3n) is 8.03. The van der Waals surface area contributed by atoms with E-state index in [4.69, 9.17) is 5.26 Å². The van der Waals surface area contributed by atoms with Crippen molar-refractivity contribution >= 4 is 5.91 Å². The molecule has 2 aliphatic rings. The average Bonchev–Trinajstić information content (AvgIpc) is 2.84. The molecule has 0 N–H and O–H groups in total. The number of aryl methyl sites for hydroxylation is 2. The quantitative estimate of drug-likeness (QED) is 0.692. The fourth-order valence-electron chi connectivity index (χ4n) is 5.63. The Labute approximate surface area is 203 Å². The van der Waals surface area contributed by atoms with Gasteiger partial charge in [0.05, 0.1) is 28.6 Å². The smallest absolute Gasteiger partial charge is 0.257 e. The molecule has 34 heavy (non-hydrogen) atoms. The summed E-state index contributed by atoms with van der Waals surface area (Å²) in [5.74, 6) is 0.0621. The van der Waals surface area contributed by atoms with Crippen LogP contribution in [-0.2, 0) is 0 Å². The van der Waals surface area contributed by atoms with Gasteiger partial charge >= 0.3 is 0 Å². The minimum atomic E-state index is 0.0621. The number of carbonyl (C=O) groups is 1. The lowest BCUT2D eigenvalue weighted by Gasteiger charge is -2.52. The molecular formula is C27H36N6O. The van der Waals surface area contributed by atoms with Crippen LogP contribution in [0.2, 0.25) is 0 Å². The van der Waals surface area contributed by atoms with Crippen molar-refractivity contribution in [1.82, 2.24) is 24.7 Å². The molecule has 7 nitrogen and oxygen atoms in total. The highest BCUT2D eigenvalue weighted by Gasteiger charge is 2.41. The number of rotatable bonds is 4. The number of amides is 1. The Morgan fingerprint density at radius 3 is 2.26 bits per heavy atom. The third kappa shape index (κ3) is 4.70. The van der Waals surface area contributed by atoms with Gasteiger partial charge in [0, 0.05) is 50.3 Å². The van der Waals surface area contributed by atoms with Crippen LogP contribution in [0.1, 0.15) is 72.5 Å². The van der Waals surface area contributed by atoms with E-state index in [2.05, 4.69) is 58.7 Å². The number of likely N-dealkylation sites (tertiary alicyclic amines) is 1. The molecule has 2 atom stereocenters. The number of nitrogens with zero attached hydrogens (tertiary/aromatic N) is 6. The van der Waals surface area contributed by atoms with Crippen molar-refractivity contribution in [3.8, 4) is 6.07 Å². The average molecular weight is 461 g/mol. The van der Waals surface area contributed by atoms with Crippen LogP contribution in [0.25, 0.3) is 0 Å². The predicted octanol–water partition coefficient (Wildman–Crippen LogP) is 3.73. The molecule has 0 bridgehead atoms. The van der Waals surface area contributed by atoms with E-state index in [-0.39, 0.29) is 11.4 Å². The van der Waals surface area contributed by atoms with Gasteiger partial charge in [-0.25, -0.2) is 9.97 Å². The van der Waals surface area contributed by atoms with Crippen LogP contribution in [-0.4, -0.2) is 74.9 Å². The summed E-state index contributed by atoms with van der Waals surface area (Å²) in [4.78, 5) is 28.8. The summed E-state index contributed by atoms with van der Waals surface area (Å²) >= 11 is 0. The fourth-order valence-corrected chi connectivity index (χ4v) is 5.63. The molecule has 2 aliphatic heterocycles. The number of benzene rings is 1. The number of piperidine rings is 1. The number of hydrogen-bond acceptors (Lipinski definition) is 6. The van der Waals surface area contributed by atoms with E-state index < -0.39 is 0 Å². The molecule has 0 spiro atoms. The van der Waals surface area contributed by atoms with Crippen LogP contribution in [0.4, 0.5) is 0 Å². The van der Waals surface area contributed by atoms with Gasteiger partial charge in [-0.1, -0.05) is 12.1 Å². The van der Waals surface area contributed by atoms with Crippen LogP contribution in [0.15, 0.2) is 30.6 Å². The maximum absolute atomic E-state index is 13.2. The monoisotopic (exact) mass is 460 g/mol. The second-order valence-corrected chi connectivity index (χ2v) is 10.2. The summed E-state index contributed by atoms with van der Waals surface area (Å²) in [6.45, 7) is 15.3. The number of aromatic nitrogens is 2. The van der Waals surface area contributed by atoms with Gasteiger partial charge in [-0.3, -0.25) is 14.6 Å². The molecule has 1 aromatic heterocycles. The van der Waals surface area contributed by atoms with Gasteiger partial charge < -0.3 is 4.90 Å². The van der Waals surface area contributed by atoms with Gasteiger partial charge in [-0.2, -0.15) is 5.26 Å². The third-order valence-corrected chi connectivity index (χ3v) is 8.03. The second kappa shape index (κ2) is 9.81. The van der Waals surface area contributed by atoms with Crippen molar-refractivity contribution < 1.29 is 4.79 Å². The molecule has 3 heterocycles. The standard InChI is InChI=1S/C27H36N6O/c1-19-17-32(14-15-33(19)22(4)24-8-6-23(16-28)7-9-24)27(5)10-12-31(13-11-27)26(34)25-20(2)29-18-30-21(25)3/h6-9,18-19,22H,10-15,17H2,1-5H3/t19-,22-/m0/s1. The van der Waals surface area contributed by atoms with Crippen molar-refractivity contribution in [3.63, 3.8) is 0 Å². The number of carbonyl (C=O) groups excluding carboxylic acids is 1. The van der Waals surface area contributed by atoms with E-state index in [1.54, 1.807) is 0 Å². The maximum atomic E-state index is 13.2. The van der Waals surface area contributed by atoms with Crippen molar-refractivity contribution in [2.75, 3.05) is 32.7 Å². The summed E-state index contributed by atoms with van der Waals surface area (Å²) in [6.07, 6.45) is 3.47. The van der Waals surface area contributed by atoms with Crippen molar-refractivity contribution in [1.29, 1.82) is 5.26 Å². The van der Waals surface area contributed by atoms with E-state index in [1.165, 1.54) is 11.9 Å². The van der Waals surface area contributed by atoms with E-state index in [0.29, 0.717) is 23.2 Å². The predicted molar refractivity (Wildman–Crippen MR) is 132 cm³/mol. The second-order valence-electron chi connectivity index (χ2n) is 10.2. The zero-order valence-corrected chi connectivity index (χ0v) is 21.1. The van der Waals surface area contributed by atoms with E-state index >= 15 is 0 Å². The molecule has 2 aromatic rings. The van der Waals surface area contributed by atoms with Crippen molar-refractivity contribution in [2.45, 2.75) is 65.1 Å². The summed E-state index contributed by atoms with van der Waals surface area (Å²) in [5.41, 5.74) is 4.24. The van der Waals surface area contributed by atoms with Crippen molar-refractivity contribution in [2.24, 2.45) is 0 Å². The first-order valence-corrected chi connectivity index (χ1v) is 12.3. The highest BCUT2D eigenvalue weighted by Crippen LogP contribution is 2.33. The Hall–Kier alpha value is -2.82. The van der Waals surface area contributed by atoms with Gasteiger partial charge in [0.15, 0.2) is 0 Å². The lowest BCUT2D eigenvalue weighted by Crippen LogP contribution is -2.62. The number of nitriles is 1. The minimum Gasteiger partial charge on any atom is -0.338 e. The molecule has 4 rings (SSSR count). The van der Waals surface area contributed by atoms with Gasteiger partial charge in [0.25, 0.3) is 5.91 Å². The fraction of sp³-hybridized carbons (Fsp3) is 0.556. The molecule has 0 saturated carbocycles. The zero-order valence-electron chi connectivity index (χ0n) is 21.1. The van der Waals surface area contributed by atoms with Gasteiger partial charge in [0.1, 0.15) is 6.33 Å². The van der Waals surface area contributed by atoms with Gasteiger partial charge in [-0.15, -0.1) is 0 Å². The summed E-state index contributed by atoms with van der Waals surface area (Å²) in [7, 11) is 0. The Kier molecular flexibility index (Phi) is 7.01. The Balaban J connectivity index is 1.37. The van der Waals surface area contributed by atoms with E-state index in [0.717, 1.165) is 57.0 Å². The Bertz CT molecular complexity index is 1050. The summed E-state index contributed by atoms with van der Waals surface area (Å²) in [5, 5.41) is 9.07. The molecular weight excluding hydrogens is 424 g/mol. The van der Waals surface area contributed by atoms with Crippen LogP contribution in [0.5, 0.6) is 0 Å². The number of hydrogen-bond donors (Lipinski definition) is 0. The molecule has 7 heteroatoms. The Morgan fingerprint density at radius 2 is 1.71 bits per heavy atom. The largest absolute Gasteiger partial charge is 0.338 e. The lowest BCUT2D eigenvalue weighted by molar-refractivity contribution is -0.0278. The first-order chi connectivity index (χ1) is 16.2. The highest BCUT2D eigenvalue weighted by atomic mass is 16.2. The first-order valence-electron chi connectivity index (χ1n) is 12.3. The SMILES string of the molecule is Cc1ncnc(C)c1C(=O)N1CCC(C)(N2CCN([C@@H](C)c3ccc(C#N)cc3)[C@@H](C)C2)CC1. The normalized spacial score (nSPS) is 22.2. The summed E-state index contributed by atoms with van der Waals surface area (Å²) < 4.78 is 0. The van der Waals surface area contributed by atoms with Crippen LogP contribution in [0.3, 0.4) is 0 Å². The van der Waals surface area contributed by atoms with Crippen molar-refractivity contribution in [3.05, 3.63) is 58.7 Å². The van der Waals surface area contributed by atoms with Gasteiger partial charge in [-0.05, 0) is 65.2 Å². The minimum absolute atomic E-state index is 0.0621. The molecule has 0 unspecified atom stereocenters. The van der Waals surface area contributed by atoms with E-state index in [1.807, 2.05) is 30.9 Å². The Morgan fingerprint density at radius 1 is 1.09 bits per heavy atom. The first kappa shape index (κ1) is 24.3. The van der Waals surface area contributed by atoms with Gasteiger partial charge in [0.2, 0.25) is 0 Å². The molecule has 1 amide bonds. The topological polar surface area (TPSA) is 76.4 Å². The maximum Gasteiger partial charge on any atom is 0.257 e. The van der Waals surface area contributed by atoms with E-state index in [9.17, 15) is 4.79 Å². The lowest BCUT2D eigenvalue weighted by atomic mass is 9.86. The molecule has 1 aromatic carbocycles. The molecule has 2 fully saturated rings. The number of piperazine rings is 1. The molecule has 0 aliphatic carbocycles. The molecule has 2 saturated heterocycles.